The molecule has 0 saturated carbocycles. The zero-order valence-electron chi connectivity index (χ0n) is 26.2. The molecule has 5 aromatic rings. The second kappa shape index (κ2) is 14.8. The Morgan fingerprint density at radius 3 is 2.28 bits per heavy atom. The van der Waals surface area contributed by atoms with Crippen LogP contribution in [0.2, 0.25) is 0 Å². The number of fused-ring (bicyclic) bond motifs is 2. The van der Waals surface area contributed by atoms with E-state index in [0.29, 0.717) is 29.1 Å². The fourth-order valence-corrected chi connectivity index (χ4v) is 4.88. The zero-order chi connectivity index (χ0) is 36.1. The number of aliphatic hydroxyl groups is 1. The first-order valence-corrected chi connectivity index (χ1v) is 14.9. The standard InChI is InChI=1S/C18H14F3NO4.C18H12FNO4/c1-2-26-18(25)12(9-22-14-5-3-4-6-15(14)23)17(24)11-7-10(19)8-13(20)16(11)21;1-2-23-18(22)12-9-20-13-5-3-4-6-14(13)24-15-8-10(19)7-11(16(15)20)17(12)21/h3-9,23-24H,2H2,1H3;3-9H,2H2,1H3. The number of hydrogen-bond acceptors (Lipinski definition) is 9. The van der Waals surface area contributed by atoms with Crippen LogP contribution in [0.5, 0.6) is 17.2 Å². The minimum atomic E-state index is -1.54. The molecule has 0 amide bonds. The number of carbonyl (C=O) groups is 2. The second-order valence-corrected chi connectivity index (χ2v) is 10.3. The number of rotatable bonds is 7. The van der Waals surface area contributed by atoms with Crippen molar-refractivity contribution in [2.24, 2.45) is 4.99 Å². The Labute approximate surface area is 280 Å². The number of aliphatic imine (C=N–C) groups is 1. The van der Waals surface area contributed by atoms with Gasteiger partial charge in [0, 0.05) is 24.5 Å². The molecule has 0 unspecified atom stereocenters. The van der Waals surface area contributed by atoms with E-state index in [0.717, 1.165) is 12.3 Å². The Hall–Kier alpha value is -6.44. The van der Waals surface area contributed by atoms with Crippen LogP contribution in [-0.2, 0) is 14.3 Å². The number of phenols is 1. The summed E-state index contributed by atoms with van der Waals surface area (Å²) >= 11 is 0. The van der Waals surface area contributed by atoms with Crippen molar-refractivity contribution in [3.05, 3.63) is 129 Å². The van der Waals surface area contributed by atoms with E-state index in [1.807, 2.05) is 6.07 Å². The quantitative estimate of drug-likeness (QED) is 0.0440. The third-order valence-electron chi connectivity index (χ3n) is 7.08. The summed E-state index contributed by atoms with van der Waals surface area (Å²) in [4.78, 5) is 40.6. The lowest BCUT2D eigenvalue weighted by Crippen LogP contribution is -2.22. The number of carbonyl (C=O) groups excluding carboxylic acids is 2. The molecule has 256 valence electrons. The number of aromatic hydroxyl groups is 1. The lowest BCUT2D eigenvalue weighted by molar-refractivity contribution is -0.137. The van der Waals surface area contributed by atoms with Crippen molar-refractivity contribution < 1.29 is 51.6 Å². The van der Waals surface area contributed by atoms with E-state index in [1.165, 1.54) is 31.3 Å². The van der Waals surface area contributed by atoms with Crippen LogP contribution in [0.25, 0.3) is 22.3 Å². The number of ether oxygens (including phenoxy) is 3. The molecule has 0 spiro atoms. The summed E-state index contributed by atoms with van der Waals surface area (Å²) in [5, 5.41) is 20.0. The maximum atomic E-state index is 13.9. The lowest BCUT2D eigenvalue weighted by Gasteiger charge is -2.23. The third-order valence-corrected chi connectivity index (χ3v) is 7.08. The number of hydrogen-bond donors (Lipinski definition) is 2. The van der Waals surface area contributed by atoms with E-state index in [1.54, 1.807) is 41.8 Å². The van der Waals surface area contributed by atoms with Gasteiger partial charge in [0.1, 0.15) is 45.5 Å². The fraction of sp³-hybridized carbons (Fsp3) is 0.111. The van der Waals surface area contributed by atoms with E-state index < -0.39 is 57.5 Å². The van der Waals surface area contributed by atoms with Crippen LogP contribution < -0.4 is 10.2 Å². The van der Waals surface area contributed by atoms with Crippen LogP contribution in [-0.4, -0.2) is 46.1 Å². The summed E-state index contributed by atoms with van der Waals surface area (Å²) < 4.78 is 71.6. The van der Waals surface area contributed by atoms with Crippen molar-refractivity contribution >= 4 is 40.5 Å². The van der Waals surface area contributed by atoms with Gasteiger partial charge in [0.25, 0.3) is 0 Å². The van der Waals surface area contributed by atoms with Crippen molar-refractivity contribution in [2.45, 2.75) is 13.8 Å². The molecule has 1 aromatic heterocycles. The van der Waals surface area contributed by atoms with Gasteiger partial charge in [-0.15, -0.1) is 0 Å². The van der Waals surface area contributed by atoms with Crippen molar-refractivity contribution in [2.75, 3.05) is 13.2 Å². The highest BCUT2D eigenvalue weighted by molar-refractivity contribution is 6.15. The zero-order valence-corrected chi connectivity index (χ0v) is 26.2. The average Bonchev–Trinajstić information content (AvgIpc) is 3.08. The fourth-order valence-electron chi connectivity index (χ4n) is 4.88. The molecule has 50 heavy (non-hydrogen) atoms. The average molecular weight is 691 g/mol. The maximum Gasteiger partial charge on any atom is 0.343 e. The first kappa shape index (κ1) is 34.9. The molecular weight excluding hydrogens is 664 g/mol. The molecule has 4 aromatic carbocycles. The normalized spacial score (nSPS) is 12.0. The van der Waals surface area contributed by atoms with Gasteiger partial charge in [0.2, 0.25) is 5.43 Å². The van der Waals surface area contributed by atoms with Gasteiger partial charge in [0.05, 0.1) is 29.9 Å². The minimum Gasteiger partial charge on any atom is -0.506 e. The van der Waals surface area contributed by atoms with Gasteiger partial charge in [-0.25, -0.2) is 27.2 Å². The van der Waals surface area contributed by atoms with Gasteiger partial charge in [0.15, 0.2) is 23.1 Å². The number of phenolic OH excluding ortho intramolecular Hbond substituents is 1. The Balaban J connectivity index is 0.000000195. The van der Waals surface area contributed by atoms with E-state index in [9.17, 15) is 42.2 Å². The SMILES string of the molecule is CCOC(=O)C(C=Nc1ccccc1O)=C(O)c1cc(F)cc(F)c1F.CCOC(=O)c1cn2c3c(cc(F)cc3c1=O)Oc1ccccc1-2. The number of halogens is 4. The number of aromatic nitrogens is 1. The van der Waals surface area contributed by atoms with Gasteiger partial charge in [-0.3, -0.25) is 9.79 Å². The Kier molecular flexibility index (Phi) is 10.3. The topological polar surface area (TPSA) is 137 Å². The van der Waals surface area contributed by atoms with E-state index >= 15 is 0 Å². The van der Waals surface area contributed by atoms with E-state index in [4.69, 9.17) is 14.2 Å². The summed E-state index contributed by atoms with van der Waals surface area (Å²) in [6.45, 7) is 3.22. The van der Waals surface area contributed by atoms with Gasteiger partial charge in [-0.1, -0.05) is 24.3 Å². The van der Waals surface area contributed by atoms with Crippen molar-refractivity contribution in [1.82, 2.24) is 4.57 Å². The minimum absolute atomic E-state index is 0.0491. The molecule has 0 fully saturated rings. The predicted octanol–water partition coefficient (Wildman–Crippen LogP) is 7.46. The van der Waals surface area contributed by atoms with Crippen molar-refractivity contribution in [3.8, 4) is 22.9 Å². The summed E-state index contributed by atoms with van der Waals surface area (Å²) in [5.74, 6) is -7.18. The number of esters is 2. The lowest BCUT2D eigenvalue weighted by atomic mass is 10.1. The van der Waals surface area contributed by atoms with Gasteiger partial charge in [-0.2, -0.15) is 0 Å². The molecule has 14 heteroatoms. The molecule has 2 heterocycles. The van der Waals surface area contributed by atoms with Crippen LogP contribution in [0.4, 0.5) is 23.2 Å². The molecule has 0 aliphatic carbocycles. The van der Waals surface area contributed by atoms with Gasteiger partial charge < -0.3 is 29.0 Å². The highest BCUT2D eigenvalue weighted by Crippen LogP contribution is 2.40. The molecule has 2 N–H and O–H groups in total. The molecular formula is C36H26F4N2O8. The number of para-hydroxylation sites is 4. The Bertz CT molecular complexity index is 2270. The first-order valence-electron chi connectivity index (χ1n) is 14.9. The Morgan fingerprint density at radius 2 is 1.56 bits per heavy atom. The first-order chi connectivity index (χ1) is 23.9. The van der Waals surface area contributed by atoms with Crippen LogP contribution in [0.1, 0.15) is 29.8 Å². The molecule has 0 atom stereocenters. The van der Waals surface area contributed by atoms with Crippen LogP contribution >= 0.6 is 0 Å². The molecule has 10 nitrogen and oxygen atoms in total. The van der Waals surface area contributed by atoms with Gasteiger partial charge in [-0.05, 0) is 50.2 Å². The van der Waals surface area contributed by atoms with Crippen molar-refractivity contribution in [1.29, 1.82) is 0 Å². The summed E-state index contributed by atoms with van der Waals surface area (Å²) in [7, 11) is 0. The number of pyridine rings is 1. The van der Waals surface area contributed by atoms with Crippen molar-refractivity contribution in [3.63, 3.8) is 0 Å². The predicted molar refractivity (Wildman–Crippen MR) is 174 cm³/mol. The van der Waals surface area contributed by atoms with Crippen LogP contribution in [0, 0.1) is 23.3 Å². The Morgan fingerprint density at radius 1 is 0.880 bits per heavy atom. The largest absolute Gasteiger partial charge is 0.506 e. The van der Waals surface area contributed by atoms with Gasteiger partial charge >= 0.3 is 11.9 Å². The smallest absolute Gasteiger partial charge is 0.343 e. The number of benzene rings is 4. The highest BCUT2D eigenvalue weighted by atomic mass is 19.2. The van der Waals surface area contributed by atoms with E-state index in [-0.39, 0.29) is 41.3 Å². The number of nitrogens with zero attached hydrogens (tertiary/aromatic N) is 2. The molecule has 1 aliphatic rings. The molecule has 0 saturated heterocycles. The number of aliphatic hydroxyl groups excluding tert-OH is 1. The summed E-state index contributed by atoms with van der Waals surface area (Å²) in [6.07, 6.45) is 2.23. The summed E-state index contributed by atoms with van der Waals surface area (Å²) in [5.41, 5.74) is -1.09. The second-order valence-electron chi connectivity index (χ2n) is 10.3. The molecule has 1 aliphatic heterocycles. The summed E-state index contributed by atoms with van der Waals surface area (Å²) in [6, 6.07) is 16.1. The molecule has 0 radical (unpaired) electrons. The molecule has 6 rings (SSSR count). The van der Waals surface area contributed by atoms with E-state index in [2.05, 4.69) is 4.99 Å². The maximum absolute atomic E-state index is 13.9. The highest BCUT2D eigenvalue weighted by Gasteiger charge is 2.25. The molecule has 0 bridgehead atoms. The van der Waals surface area contributed by atoms with Crippen LogP contribution in [0.3, 0.4) is 0 Å². The third kappa shape index (κ3) is 7.04. The van der Waals surface area contributed by atoms with Crippen LogP contribution in [0.15, 0.2) is 94.4 Å². The monoisotopic (exact) mass is 690 g/mol.